The molecule has 4 aromatic rings. The van der Waals surface area contributed by atoms with Crippen molar-refractivity contribution in [1.82, 2.24) is 5.32 Å². The summed E-state index contributed by atoms with van der Waals surface area (Å²) in [7, 11) is 0. The molecule has 0 amide bonds. The number of benzene rings is 4. The van der Waals surface area contributed by atoms with Gasteiger partial charge in [-0.05, 0) is 95.7 Å². The largest absolute Gasteiger partial charge is 0.367 e. The quantitative estimate of drug-likeness (QED) is 0.341. The van der Waals surface area contributed by atoms with Gasteiger partial charge >= 0.3 is 0 Å². The van der Waals surface area contributed by atoms with E-state index in [0.717, 1.165) is 48.4 Å². The highest BCUT2D eigenvalue weighted by Gasteiger charge is 2.29. The summed E-state index contributed by atoms with van der Waals surface area (Å²) in [6.07, 6.45) is 1.10. The van der Waals surface area contributed by atoms with Crippen molar-refractivity contribution in [3.05, 3.63) is 113 Å². The fraction of sp³-hybridized carbons (Fsp3) is 0.233. The molecule has 3 nitrogen and oxygen atoms in total. The minimum atomic E-state index is 0.557. The number of nitrogens with one attached hydrogen (secondary N) is 1. The predicted octanol–water partition coefficient (Wildman–Crippen LogP) is 6.45. The van der Waals surface area contributed by atoms with Gasteiger partial charge in [0.2, 0.25) is 0 Å². The van der Waals surface area contributed by atoms with Gasteiger partial charge in [0.05, 0.1) is 11.6 Å². The van der Waals surface area contributed by atoms with Gasteiger partial charge in [-0.1, -0.05) is 60.1 Å². The Kier molecular flexibility index (Phi) is 6.81. The molecule has 0 radical (unpaired) electrons. The molecule has 4 heteroatoms. The average Bonchev–Trinajstić information content (AvgIpc) is 3.30. The number of nitriles is 1. The van der Waals surface area contributed by atoms with Crippen LogP contribution in [0.4, 0.5) is 5.69 Å². The highest BCUT2D eigenvalue weighted by atomic mass is 35.5. The zero-order valence-corrected chi connectivity index (χ0v) is 19.9. The van der Waals surface area contributed by atoms with Crippen molar-refractivity contribution in [2.24, 2.45) is 11.8 Å². The summed E-state index contributed by atoms with van der Waals surface area (Å²) in [6, 6.07) is 33.7. The molecular weight excluding hydrogens is 438 g/mol. The van der Waals surface area contributed by atoms with Crippen LogP contribution in [0.5, 0.6) is 0 Å². The Bertz CT molecular complexity index is 1290. The molecule has 1 aliphatic rings. The summed E-state index contributed by atoms with van der Waals surface area (Å²) >= 11 is 6.20. The molecule has 1 saturated heterocycles. The maximum absolute atomic E-state index is 9.30. The first kappa shape index (κ1) is 22.5. The summed E-state index contributed by atoms with van der Waals surface area (Å²) in [5, 5.41) is 15.9. The van der Waals surface area contributed by atoms with Gasteiger partial charge in [-0.2, -0.15) is 5.26 Å². The highest BCUT2D eigenvalue weighted by molar-refractivity contribution is 6.30. The van der Waals surface area contributed by atoms with Crippen LogP contribution in [0.3, 0.4) is 0 Å². The SMILES string of the molecule is N#Cc1ccc2ccc(CN(C[C@H]3CNC[C@@H]3Cc3ccccc3)c3ccc(Cl)cc3)cc2c1. The van der Waals surface area contributed by atoms with E-state index < -0.39 is 0 Å². The molecule has 0 spiro atoms. The number of nitrogens with zero attached hydrogens (tertiary/aromatic N) is 2. The zero-order valence-electron chi connectivity index (χ0n) is 19.1. The summed E-state index contributed by atoms with van der Waals surface area (Å²) in [5.74, 6) is 1.16. The Labute approximate surface area is 206 Å². The molecule has 2 atom stereocenters. The fourth-order valence-electron chi connectivity index (χ4n) is 5.04. The Hall–Kier alpha value is -3.32. The molecule has 170 valence electrons. The van der Waals surface area contributed by atoms with Crippen LogP contribution in [0, 0.1) is 23.2 Å². The van der Waals surface area contributed by atoms with Gasteiger partial charge in [-0.15, -0.1) is 0 Å². The van der Waals surface area contributed by atoms with Crippen molar-refractivity contribution in [3.63, 3.8) is 0 Å². The molecule has 1 aliphatic heterocycles. The van der Waals surface area contributed by atoms with Crippen LogP contribution < -0.4 is 10.2 Å². The first-order valence-electron chi connectivity index (χ1n) is 11.9. The highest BCUT2D eigenvalue weighted by Crippen LogP contribution is 2.28. The van der Waals surface area contributed by atoms with Crippen LogP contribution in [-0.2, 0) is 13.0 Å². The molecule has 1 N–H and O–H groups in total. The summed E-state index contributed by atoms with van der Waals surface area (Å²) in [6.45, 7) is 3.87. The van der Waals surface area contributed by atoms with Crippen molar-refractivity contribution in [2.45, 2.75) is 13.0 Å². The summed E-state index contributed by atoms with van der Waals surface area (Å²) < 4.78 is 0. The molecule has 0 unspecified atom stereocenters. The fourth-order valence-corrected chi connectivity index (χ4v) is 5.16. The topological polar surface area (TPSA) is 39.1 Å². The van der Waals surface area contributed by atoms with Gasteiger partial charge in [-0.25, -0.2) is 0 Å². The summed E-state index contributed by atoms with van der Waals surface area (Å²) in [5.41, 5.74) is 4.52. The monoisotopic (exact) mass is 465 g/mol. The first-order chi connectivity index (χ1) is 16.7. The lowest BCUT2D eigenvalue weighted by atomic mass is 9.89. The Morgan fingerprint density at radius 1 is 0.824 bits per heavy atom. The predicted molar refractivity (Wildman–Crippen MR) is 141 cm³/mol. The second-order valence-corrected chi connectivity index (χ2v) is 9.67. The van der Waals surface area contributed by atoms with Gasteiger partial charge in [-0.3, -0.25) is 0 Å². The minimum Gasteiger partial charge on any atom is -0.367 e. The van der Waals surface area contributed by atoms with Gasteiger partial charge < -0.3 is 10.2 Å². The normalized spacial score (nSPS) is 17.5. The van der Waals surface area contributed by atoms with Crippen molar-refractivity contribution in [3.8, 4) is 6.07 Å². The lowest BCUT2D eigenvalue weighted by molar-refractivity contribution is 0.413. The third-order valence-corrected chi connectivity index (χ3v) is 7.13. The molecule has 0 aliphatic carbocycles. The van der Waals surface area contributed by atoms with Gasteiger partial charge in [0, 0.05) is 23.8 Å². The molecule has 5 rings (SSSR count). The van der Waals surface area contributed by atoms with E-state index in [1.807, 2.05) is 30.3 Å². The van der Waals surface area contributed by atoms with E-state index in [4.69, 9.17) is 11.6 Å². The van der Waals surface area contributed by atoms with Crippen LogP contribution in [0.1, 0.15) is 16.7 Å². The molecule has 4 aromatic carbocycles. The third-order valence-electron chi connectivity index (χ3n) is 6.87. The maximum Gasteiger partial charge on any atom is 0.0991 e. The van der Waals surface area contributed by atoms with Crippen molar-refractivity contribution in [1.29, 1.82) is 5.26 Å². The van der Waals surface area contributed by atoms with Crippen molar-refractivity contribution in [2.75, 3.05) is 24.5 Å². The average molecular weight is 466 g/mol. The smallest absolute Gasteiger partial charge is 0.0991 e. The number of anilines is 1. The number of hydrogen-bond donors (Lipinski definition) is 1. The number of rotatable bonds is 7. The van der Waals surface area contributed by atoms with E-state index in [9.17, 15) is 5.26 Å². The van der Waals surface area contributed by atoms with Crippen LogP contribution >= 0.6 is 11.6 Å². The van der Waals surface area contributed by atoms with Crippen LogP contribution in [0.25, 0.3) is 10.8 Å². The lowest BCUT2D eigenvalue weighted by Gasteiger charge is -2.30. The van der Waals surface area contributed by atoms with Gasteiger partial charge in [0.1, 0.15) is 0 Å². The standard InChI is InChI=1S/C30H28ClN3/c31-29-10-12-30(13-11-29)34(20-24-7-9-25-8-6-23(17-32)15-26(25)16-24)21-28-19-33-18-27(28)14-22-4-2-1-3-5-22/h1-13,15-16,27-28,33H,14,18-21H2/t27-,28+/m0/s1. The minimum absolute atomic E-state index is 0.557. The molecule has 0 bridgehead atoms. The molecule has 0 aromatic heterocycles. The third kappa shape index (κ3) is 5.25. The zero-order chi connectivity index (χ0) is 23.3. The number of hydrogen-bond acceptors (Lipinski definition) is 3. The van der Waals surface area contributed by atoms with E-state index in [-0.39, 0.29) is 0 Å². The van der Waals surface area contributed by atoms with Crippen LogP contribution in [0.15, 0.2) is 91.0 Å². The van der Waals surface area contributed by atoms with E-state index in [2.05, 4.69) is 76.9 Å². The first-order valence-corrected chi connectivity index (χ1v) is 12.2. The van der Waals surface area contributed by atoms with E-state index >= 15 is 0 Å². The maximum atomic E-state index is 9.30. The van der Waals surface area contributed by atoms with E-state index in [0.29, 0.717) is 17.4 Å². The van der Waals surface area contributed by atoms with Crippen LogP contribution in [-0.4, -0.2) is 19.6 Å². The lowest BCUT2D eigenvalue weighted by Crippen LogP contribution is -2.33. The van der Waals surface area contributed by atoms with Crippen molar-refractivity contribution < 1.29 is 0 Å². The number of halogens is 1. The van der Waals surface area contributed by atoms with E-state index in [1.54, 1.807) is 0 Å². The number of fused-ring (bicyclic) bond motifs is 1. The molecule has 1 fully saturated rings. The summed E-state index contributed by atoms with van der Waals surface area (Å²) in [4.78, 5) is 2.47. The second kappa shape index (κ2) is 10.3. The molecular formula is C30H28ClN3. The van der Waals surface area contributed by atoms with Gasteiger partial charge in [0.15, 0.2) is 0 Å². The van der Waals surface area contributed by atoms with Crippen molar-refractivity contribution >= 4 is 28.1 Å². The Balaban J connectivity index is 1.40. The second-order valence-electron chi connectivity index (χ2n) is 9.23. The molecule has 0 saturated carbocycles. The van der Waals surface area contributed by atoms with E-state index in [1.165, 1.54) is 16.8 Å². The molecule has 34 heavy (non-hydrogen) atoms. The van der Waals surface area contributed by atoms with Crippen LogP contribution in [0.2, 0.25) is 5.02 Å². The van der Waals surface area contributed by atoms with Gasteiger partial charge in [0.25, 0.3) is 0 Å². The molecule has 1 heterocycles. The Morgan fingerprint density at radius 2 is 1.59 bits per heavy atom. The Morgan fingerprint density at radius 3 is 2.38 bits per heavy atom.